The van der Waals surface area contributed by atoms with Crippen molar-refractivity contribution in [2.24, 2.45) is 5.73 Å². The van der Waals surface area contributed by atoms with Gasteiger partial charge in [0.15, 0.2) is 0 Å². The molecule has 0 fully saturated rings. The van der Waals surface area contributed by atoms with Crippen molar-refractivity contribution in [3.8, 4) is 0 Å². The van der Waals surface area contributed by atoms with Gasteiger partial charge in [0, 0.05) is 13.1 Å². The topological polar surface area (TPSA) is 66.6 Å². The lowest BCUT2D eigenvalue weighted by Crippen LogP contribution is -2.48. The number of aliphatic hydroxyl groups is 1. The maximum atomic E-state index is 11.8. The Labute approximate surface area is 92.4 Å². The van der Waals surface area contributed by atoms with Gasteiger partial charge in [0.1, 0.15) is 0 Å². The maximum Gasteiger partial charge on any atom is 0.239 e. The summed E-state index contributed by atoms with van der Waals surface area (Å²) < 4.78 is 0. The summed E-state index contributed by atoms with van der Waals surface area (Å²) in [6.07, 6.45) is 1.59. The number of likely N-dealkylation sites (N-methyl/N-ethyl adjacent to an activating group) is 1. The van der Waals surface area contributed by atoms with Crippen molar-refractivity contribution in [3.63, 3.8) is 0 Å². The van der Waals surface area contributed by atoms with Crippen molar-refractivity contribution in [1.82, 2.24) is 4.90 Å². The average Bonchev–Trinajstić information content (AvgIpc) is 2.12. The standard InChI is InChI=1S/C11H24N2O2/c1-5-7-9(12)10(14)13(6-2)8-11(3,4)15/h9,15H,5-8,12H2,1-4H3. The molecule has 0 aromatic carbocycles. The number of hydrogen-bond acceptors (Lipinski definition) is 3. The van der Waals surface area contributed by atoms with Crippen LogP contribution in [-0.4, -0.2) is 40.6 Å². The van der Waals surface area contributed by atoms with Crippen LogP contribution in [0.1, 0.15) is 40.5 Å². The summed E-state index contributed by atoms with van der Waals surface area (Å²) in [5.74, 6) is -0.0681. The fourth-order valence-electron chi connectivity index (χ4n) is 1.48. The van der Waals surface area contributed by atoms with E-state index in [1.54, 1.807) is 18.7 Å². The third-order valence-corrected chi connectivity index (χ3v) is 2.19. The predicted octanol–water partition coefficient (Wildman–Crippen LogP) is 0.733. The van der Waals surface area contributed by atoms with E-state index < -0.39 is 11.6 Å². The lowest BCUT2D eigenvalue weighted by molar-refractivity contribution is -0.135. The minimum absolute atomic E-state index is 0.0681. The second-order valence-corrected chi connectivity index (χ2v) is 4.56. The molecule has 0 aromatic rings. The third-order valence-electron chi connectivity index (χ3n) is 2.19. The lowest BCUT2D eigenvalue weighted by atomic mass is 10.1. The first kappa shape index (κ1) is 14.4. The molecule has 4 heteroatoms. The molecule has 1 unspecified atom stereocenters. The van der Waals surface area contributed by atoms with E-state index >= 15 is 0 Å². The Kier molecular flexibility index (Phi) is 5.83. The van der Waals surface area contributed by atoms with Crippen LogP contribution in [0.15, 0.2) is 0 Å². The van der Waals surface area contributed by atoms with Crippen LogP contribution in [-0.2, 0) is 4.79 Å². The molecule has 0 saturated heterocycles. The summed E-state index contributed by atoms with van der Waals surface area (Å²) in [4.78, 5) is 13.4. The van der Waals surface area contributed by atoms with Gasteiger partial charge in [-0.25, -0.2) is 0 Å². The number of nitrogens with two attached hydrogens (primary N) is 1. The normalized spacial score (nSPS) is 13.7. The molecule has 0 aliphatic rings. The Morgan fingerprint density at radius 2 is 2.00 bits per heavy atom. The van der Waals surface area contributed by atoms with Crippen LogP contribution in [0.25, 0.3) is 0 Å². The molecular formula is C11H24N2O2. The van der Waals surface area contributed by atoms with Gasteiger partial charge >= 0.3 is 0 Å². The summed E-state index contributed by atoms with van der Waals surface area (Å²) in [5.41, 5.74) is 4.89. The SMILES string of the molecule is CCCC(N)C(=O)N(CC)CC(C)(C)O. The van der Waals surface area contributed by atoms with Crippen LogP contribution in [0, 0.1) is 0 Å². The molecule has 90 valence electrons. The van der Waals surface area contributed by atoms with Gasteiger partial charge in [0.05, 0.1) is 11.6 Å². The van der Waals surface area contributed by atoms with E-state index in [0.29, 0.717) is 19.5 Å². The van der Waals surface area contributed by atoms with Crippen molar-refractivity contribution in [2.75, 3.05) is 13.1 Å². The van der Waals surface area contributed by atoms with Crippen molar-refractivity contribution >= 4 is 5.91 Å². The highest BCUT2D eigenvalue weighted by molar-refractivity contribution is 5.81. The van der Waals surface area contributed by atoms with Crippen LogP contribution < -0.4 is 5.73 Å². The highest BCUT2D eigenvalue weighted by Gasteiger charge is 2.24. The highest BCUT2D eigenvalue weighted by Crippen LogP contribution is 2.07. The first-order chi connectivity index (χ1) is 6.81. The quantitative estimate of drug-likeness (QED) is 0.688. The predicted molar refractivity (Wildman–Crippen MR) is 61.4 cm³/mol. The van der Waals surface area contributed by atoms with Gasteiger partial charge in [-0.1, -0.05) is 13.3 Å². The van der Waals surface area contributed by atoms with Gasteiger partial charge in [-0.3, -0.25) is 4.79 Å². The Bertz CT molecular complexity index is 199. The number of amides is 1. The molecule has 1 atom stereocenters. The number of carbonyl (C=O) groups excluding carboxylic acids is 1. The molecule has 0 aliphatic carbocycles. The molecule has 0 radical (unpaired) electrons. The molecule has 0 aromatic heterocycles. The molecule has 4 nitrogen and oxygen atoms in total. The largest absolute Gasteiger partial charge is 0.389 e. The van der Waals surface area contributed by atoms with Gasteiger partial charge in [-0.15, -0.1) is 0 Å². The zero-order chi connectivity index (χ0) is 12.1. The summed E-state index contributed by atoms with van der Waals surface area (Å²) >= 11 is 0. The summed E-state index contributed by atoms with van der Waals surface area (Å²) in [6, 6.07) is -0.433. The molecule has 0 aliphatic heterocycles. The van der Waals surface area contributed by atoms with Gasteiger partial charge in [0.25, 0.3) is 0 Å². The van der Waals surface area contributed by atoms with Crippen molar-refractivity contribution in [2.45, 2.75) is 52.2 Å². The zero-order valence-corrected chi connectivity index (χ0v) is 10.3. The molecule has 0 spiro atoms. The minimum Gasteiger partial charge on any atom is -0.389 e. The second kappa shape index (κ2) is 6.08. The minimum atomic E-state index is -0.863. The van der Waals surface area contributed by atoms with E-state index in [0.717, 1.165) is 6.42 Å². The van der Waals surface area contributed by atoms with E-state index in [9.17, 15) is 9.90 Å². The van der Waals surface area contributed by atoms with Crippen LogP contribution in [0.4, 0.5) is 0 Å². The van der Waals surface area contributed by atoms with Gasteiger partial charge in [0.2, 0.25) is 5.91 Å². The Morgan fingerprint density at radius 1 is 1.47 bits per heavy atom. The van der Waals surface area contributed by atoms with Gasteiger partial charge in [-0.2, -0.15) is 0 Å². The highest BCUT2D eigenvalue weighted by atomic mass is 16.3. The summed E-state index contributed by atoms with van der Waals surface area (Å²) in [6.45, 7) is 8.18. The van der Waals surface area contributed by atoms with E-state index in [4.69, 9.17) is 5.73 Å². The van der Waals surface area contributed by atoms with E-state index in [1.165, 1.54) is 0 Å². The Balaban J connectivity index is 4.34. The smallest absolute Gasteiger partial charge is 0.239 e. The summed E-state index contributed by atoms with van der Waals surface area (Å²) in [5, 5.41) is 9.65. The maximum absolute atomic E-state index is 11.8. The zero-order valence-electron chi connectivity index (χ0n) is 10.3. The van der Waals surface area contributed by atoms with Crippen LogP contribution in [0.3, 0.4) is 0 Å². The monoisotopic (exact) mass is 216 g/mol. The average molecular weight is 216 g/mol. The molecular weight excluding hydrogens is 192 g/mol. The van der Waals surface area contributed by atoms with E-state index in [1.807, 2.05) is 13.8 Å². The van der Waals surface area contributed by atoms with Crippen LogP contribution in [0.5, 0.6) is 0 Å². The molecule has 1 amide bonds. The van der Waals surface area contributed by atoms with Crippen molar-refractivity contribution in [1.29, 1.82) is 0 Å². The van der Waals surface area contributed by atoms with Gasteiger partial charge in [-0.05, 0) is 27.2 Å². The lowest BCUT2D eigenvalue weighted by Gasteiger charge is -2.30. The Morgan fingerprint density at radius 3 is 2.33 bits per heavy atom. The van der Waals surface area contributed by atoms with Crippen LogP contribution >= 0.6 is 0 Å². The molecule has 0 saturated carbocycles. The number of carbonyl (C=O) groups is 1. The van der Waals surface area contributed by atoms with Crippen LogP contribution in [0.2, 0.25) is 0 Å². The Hall–Kier alpha value is -0.610. The molecule has 3 N–H and O–H groups in total. The number of rotatable bonds is 6. The number of nitrogens with zero attached hydrogens (tertiary/aromatic N) is 1. The van der Waals surface area contributed by atoms with E-state index in [2.05, 4.69) is 0 Å². The fourth-order valence-corrected chi connectivity index (χ4v) is 1.48. The third kappa shape index (κ3) is 5.74. The van der Waals surface area contributed by atoms with Crippen molar-refractivity contribution in [3.05, 3.63) is 0 Å². The summed E-state index contributed by atoms with van der Waals surface area (Å²) in [7, 11) is 0. The molecule has 0 heterocycles. The molecule has 0 rings (SSSR count). The van der Waals surface area contributed by atoms with Crippen molar-refractivity contribution < 1.29 is 9.90 Å². The van der Waals surface area contributed by atoms with E-state index in [-0.39, 0.29) is 5.91 Å². The fraction of sp³-hybridized carbons (Fsp3) is 0.909. The first-order valence-electron chi connectivity index (χ1n) is 5.58. The molecule has 15 heavy (non-hydrogen) atoms. The first-order valence-corrected chi connectivity index (χ1v) is 5.58. The van der Waals surface area contributed by atoms with Gasteiger partial charge < -0.3 is 15.7 Å². The second-order valence-electron chi connectivity index (χ2n) is 4.56. The number of hydrogen-bond donors (Lipinski definition) is 2. The molecule has 0 bridgehead atoms.